The van der Waals surface area contributed by atoms with Crippen molar-refractivity contribution in [2.75, 3.05) is 69.1 Å². The molecule has 2 N–H and O–H groups in total. The van der Waals surface area contributed by atoms with Crippen LogP contribution in [0.25, 0.3) is 0 Å². The minimum atomic E-state index is -3.39. The molecule has 13 nitrogen and oxygen atoms in total. The van der Waals surface area contributed by atoms with Gasteiger partial charge >= 0.3 is 15.9 Å². The number of aliphatic hydroxyl groups is 1. The van der Waals surface area contributed by atoms with Crippen molar-refractivity contribution in [3.63, 3.8) is 0 Å². The van der Waals surface area contributed by atoms with E-state index in [4.69, 9.17) is 0 Å². The van der Waals surface area contributed by atoms with Gasteiger partial charge in [-0.15, -0.1) is 9.05 Å². The second-order valence-corrected chi connectivity index (χ2v) is 17.2. The Hall–Kier alpha value is 0.140. The van der Waals surface area contributed by atoms with E-state index in [-0.39, 0.29) is 0 Å². The first kappa shape index (κ1) is 44.2. The Morgan fingerprint density at radius 3 is 1.27 bits per heavy atom. The molecule has 0 aliphatic heterocycles. The van der Waals surface area contributed by atoms with Gasteiger partial charge in [0.1, 0.15) is 0 Å². The maximum Gasteiger partial charge on any atom is 0.696 e. The van der Waals surface area contributed by atoms with Crippen molar-refractivity contribution < 1.29 is 55.3 Å². The molecule has 0 saturated heterocycles. The van der Waals surface area contributed by atoms with Crippen LogP contribution in [0.2, 0.25) is 0 Å². The highest BCUT2D eigenvalue weighted by Crippen LogP contribution is 2.71. The summed E-state index contributed by atoms with van der Waals surface area (Å²) < 4.78 is 70.4. The lowest BCUT2D eigenvalue weighted by Crippen LogP contribution is -2.25. The molecule has 0 aromatic rings. The van der Waals surface area contributed by atoms with Gasteiger partial charge in [0.05, 0.1) is 14.2 Å². The zero-order valence-corrected chi connectivity index (χ0v) is 28.0. The van der Waals surface area contributed by atoms with Gasteiger partial charge in [0.25, 0.3) is 0 Å². The van der Waals surface area contributed by atoms with Crippen LogP contribution in [0, 0.1) is 0 Å². The molecule has 0 aromatic carbocycles. The zero-order valence-electron chi connectivity index (χ0n) is 24.5. The van der Waals surface area contributed by atoms with E-state index in [0.717, 1.165) is 6.92 Å². The summed E-state index contributed by atoms with van der Waals surface area (Å²) in [6.07, 6.45) is 5.26. The SMILES string of the molecule is CCCCNCCCC.COP(=O)(OC)C(C)=O.COP(C)(=O)C(C)(O)P(C)(=O)OC.CO[P+](=O)OC. The maximum atomic E-state index is 11.7. The van der Waals surface area contributed by atoms with Crippen LogP contribution in [0.1, 0.15) is 53.4 Å². The zero-order chi connectivity index (χ0) is 30.3. The van der Waals surface area contributed by atoms with Crippen LogP contribution in [0.4, 0.5) is 0 Å². The average Bonchev–Trinajstić information content (AvgIpc) is 2.88. The Kier molecular flexibility index (Phi) is 28.6. The highest BCUT2D eigenvalue weighted by Gasteiger charge is 2.52. The monoisotopic (exact) mass is 620 g/mol. The summed E-state index contributed by atoms with van der Waals surface area (Å²) in [7, 11) is -4.53. The highest BCUT2D eigenvalue weighted by molar-refractivity contribution is 7.77. The van der Waals surface area contributed by atoms with Gasteiger partial charge in [-0.25, -0.2) is 0 Å². The van der Waals surface area contributed by atoms with Crippen molar-refractivity contribution in [3.05, 3.63) is 0 Å². The fourth-order valence-corrected chi connectivity index (χ4v) is 6.44. The number of carbonyl (C=O) groups excluding carboxylic acids is 1. The minimum Gasteiger partial charge on any atom is -0.371 e. The number of carbonyl (C=O) groups is 1. The number of rotatable bonds is 15. The summed E-state index contributed by atoms with van der Waals surface area (Å²) in [5, 5.41) is 11.2. The Morgan fingerprint density at radius 2 is 1.14 bits per heavy atom. The molecule has 2 atom stereocenters. The van der Waals surface area contributed by atoms with Gasteiger partial charge < -0.3 is 28.5 Å². The van der Waals surface area contributed by atoms with Crippen molar-refractivity contribution in [3.8, 4) is 0 Å². The molecule has 0 rings (SSSR count). The van der Waals surface area contributed by atoms with E-state index in [9.17, 15) is 28.2 Å². The van der Waals surface area contributed by atoms with Crippen LogP contribution in [-0.4, -0.2) is 84.8 Å². The van der Waals surface area contributed by atoms with Crippen molar-refractivity contribution in [1.82, 2.24) is 5.32 Å². The van der Waals surface area contributed by atoms with E-state index >= 15 is 0 Å². The van der Waals surface area contributed by atoms with Crippen molar-refractivity contribution in [1.29, 1.82) is 0 Å². The molecule has 0 heterocycles. The van der Waals surface area contributed by atoms with Crippen LogP contribution < -0.4 is 5.32 Å². The molecule has 0 aromatic heterocycles. The third-order valence-corrected chi connectivity index (χ3v) is 13.8. The molecule has 226 valence electrons. The largest absolute Gasteiger partial charge is 0.696 e. The molecule has 0 aliphatic rings. The highest BCUT2D eigenvalue weighted by atomic mass is 31.2. The first-order valence-electron chi connectivity index (χ1n) is 11.4. The van der Waals surface area contributed by atoms with Gasteiger partial charge in [-0.05, 0) is 32.9 Å². The third kappa shape index (κ3) is 19.8. The second kappa shape index (κ2) is 24.0. The van der Waals surface area contributed by atoms with Gasteiger partial charge in [0.15, 0.2) is 0 Å². The molecule has 0 spiro atoms. The van der Waals surface area contributed by atoms with Crippen LogP contribution in [0.5, 0.6) is 0 Å². The fraction of sp³-hybridized carbons (Fsp3) is 0.950. The molecular weight excluding hydrogens is 570 g/mol. The lowest BCUT2D eigenvalue weighted by molar-refractivity contribution is -0.111. The summed E-state index contributed by atoms with van der Waals surface area (Å²) in [6.45, 7) is 11.7. The molecule has 0 amide bonds. The summed E-state index contributed by atoms with van der Waals surface area (Å²) in [5.74, 6) is 0. The number of unbranched alkanes of at least 4 members (excludes halogenated alkanes) is 2. The first-order chi connectivity index (χ1) is 16.9. The Balaban J connectivity index is -0.000000203. The standard InChI is InChI=1S/C8H19N.C6H16O5P2.C4H9O4P.C2H6O3P/c1-3-5-7-9-8-6-4-2;1-6(7,12(4,8)10-2)13(5,9)11-3;1-4(5)9(6,7-2)8-3;1-4-6(3)5-2/h9H,3-8H2,1-2H3;7H,1-5H3;1-3H3;1-2H3/q;;;+1. The van der Waals surface area contributed by atoms with Crippen molar-refractivity contribution >= 4 is 36.1 Å². The second-order valence-electron chi connectivity index (χ2n) is 7.46. The summed E-state index contributed by atoms with van der Waals surface area (Å²) >= 11 is 0. The van der Waals surface area contributed by atoms with Crippen LogP contribution in [0.15, 0.2) is 0 Å². The van der Waals surface area contributed by atoms with E-state index in [0.29, 0.717) is 0 Å². The van der Waals surface area contributed by atoms with Crippen LogP contribution in [0.3, 0.4) is 0 Å². The van der Waals surface area contributed by atoms with E-state index in [1.165, 1.54) is 102 Å². The average molecular weight is 621 g/mol. The van der Waals surface area contributed by atoms with E-state index in [1.807, 2.05) is 0 Å². The number of hydrogen-bond donors (Lipinski definition) is 2. The normalized spacial score (nSPS) is 15.6. The molecule has 0 bridgehead atoms. The molecule has 0 radical (unpaired) electrons. The molecule has 2 unspecified atom stereocenters. The predicted molar refractivity (Wildman–Crippen MR) is 148 cm³/mol. The van der Waals surface area contributed by atoms with Gasteiger partial charge in [-0.3, -0.25) is 18.5 Å². The Labute approximate surface area is 224 Å². The molecule has 17 heteroatoms. The lowest BCUT2D eigenvalue weighted by atomic mass is 10.3. The van der Waals surface area contributed by atoms with Crippen molar-refractivity contribution in [2.24, 2.45) is 0 Å². The quantitative estimate of drug-likeness (QED) is 0.164. The summed E-state index contributed by atoms with van der Waals surface area (Å²) in [6, 6.07) is 0. The van der Waals surface area contributed by atoms with Crippen LogP contribution >= 0.6 is 30.6 Å². The Bertz CT molecular complexity index is 703. The van der Waals surface area contributed by atoms with Crippen molar-refractivity contribution in [2.45, 2.75) is 58.5 Å². The van der Waals surface area contributed by atoms with E-state index in [1.54, 1.807) is 0 Å². The molecular formula is C20H50NO12P4+. The third-order valence-electron chi connectivity index (χ3n) is 4.81. The van der Waals surface area contributed by atoms with Gasteiger partial charge in [-0.2, -0.15) is 0 Å². The van der Waals surface area contributed by atoms with Gasteiger partial charge in [0.2, 0.25) is 25.3 Å². The van der Waals surface area contributed by atoms with Crippen LogP contribution in [-0.2, 0) is 50.2 Å². The topological polar surface area (TPSA) is 173 Å². The smallest absolute Gasteiger partial charge is 0.371 e. The lowest BCUT2D eigenvalue weighted by Gasteiger charge is -2.32. The summed E-state index contributed by atoms with van der Waals surface area (Å²) in [5.41, 5.74) is -0.576. The van der Waals surface area contributed by atoms with Gasteiger partial charge in [-0.1, -0.05) is 26.7 Å². The molecule has 0 saturated carbocycles. The minimum absolute atomic E-state index is 0.576. The molecule has 0 aliphatic carbocycles. The van der Waals surface area contributed by atoms with Gasteiger partial charge in [0, 0.05) is 53.3 Å². The molecule has 0 fully saturated rings. The summed E-state index contributed by atoms with van der Waals surface area (Å²) in [4.78, 5) is 10.4. The van der Waals surface area contributed by atoms with E-state index < -0.39 is 41.2 Å². The predicted octanol–water partition coefficient (Wildman–Crippen LogP) is 5.89. The maximum absolute atomic E-state index is 11.7. The Morgan fingerprint density at radius 1 is 0.811 bits per heavy atom. The van der Waals surface area contributed by atoms with E-state index in [2.05, 4.69) is 46.3 Å². The first-order valence-corrected chi connectivity index (χ1v) is 18.2. The molecule has 37 heavy (non-hydrogen) atoms. The number of hydrogen-bond acceptors (Lipinski definition) is 13. The fourth-order valence-electron chi connectivity index (χ4n) is 1.81. The number of nitrogens with one attached hydrogen (secondary N) is 1.